The van der Waals surface area contributed by atoms with Gasteiger partial charge in [-0.05, 0) is 83.4 Å². The molecule has 0 radical (unpaired) electrons. The quantitative estimate of drug-likeness (QED) is 0.333. The molecule has 182 valence electrons. The Hall–Kier alpha value is -3.19. The lowest BCUT2D eigenvalue weighted by molar-refractivity contribution is -0.154. The standard InChI is InChI=1S/C28H29BrN2O4/c1-28(2,3)35-25(32)14-8-9-18-15-19(29)16-30-26(18)31-27(33)34-17-24-22-12-6-4-10-20(22)21-11-5-7-13-23(21)24/h4-7,10-13,15-16,24H,8-9,14,17H2,1-3H3,(H,30,31,33). The highest BCUT2D eigenvalue weighted by atomic mass is 79.9. The Labute approximate surface area is 214 Å². The normalized spacial score (nSPS) is 12.6. The van der Waals surface area contributed by atoms with Gasteiger partial charge in [-0.3, -0.25) is 10.1 Å². The minimum atomic E-state index is -0.560. The highest BCUT2D eigenvalue weighted by Crippen LogP contribution is 2.44. The third kappa shape index (κ3) is 6.28. The first-order valence-corrected chi connectivity index (χ1v) is 12.5. The van der Waals surface area contributed by atoms with Gasteiger partial charge in [0.2, 0.25) is 0 Å². The molecular weight excluding hydrogens is 508 g/mol. The number of anilines is 1. The fraction of sp³-hybridized carbons (Fsp3) is 0.321. The predicted molar refractivity (Wildman–Crippen MR) is 139 cm³/mol. The molecule has 35 heavy (non-hydrogen) atoms. The second-order valence-corrected chi connectivity index (χ2v) is 10.5. The molecule has 1 aliphatic rings. The molecule has 1 heterocycles. The maximum atomic E-state index is 12.7. The van der Waals surface area contributed by atoms with Gasteiger partial charge in [0.1, 0.15) is 18.0 Å². The van der Waals surface area contributed by atoms with Gasteiger partial charge in [-0.15, -0.1) is 0 Å². The number of esters is 1. The second-order valence-electron chi connectivity index (χ2n) is 9.55. The molecule has 1 aromatic heterocycles. The van der Waals surface area contributed by atoms with Gasteiger partial charge in [0, 0.05) is 23.0 Å². The van der Waals surface area contributed by atoms with Gasteiger partial charge < -0.3 is 9.47 Å². The summed E-state index contributed by atoms with van der Waals surface area (Å²) >= 11 is 3.43. The van der Waals surface area contributed by atoms with Crippen molar-refractivity contribution in [2.45, 2.75) is 51.6 Å². The van der Waals surface area contributed by atoms with Crippen LogP contribution in [0, 0.1) is 0 Å². The van der Waals surface area contributed by atoms with Crippen molar-refractivity contribution < 1.29 is 19.1 Å². The summed E-state index contributed by atoms with van der Waals surface area (Å²) in [5, 5.41) is 2.78. The summed E-state index contributed by atoms with van der Waals surface area (Å²) in [5.41, 5.74) is 4.98. The third-order valence-corrected chi connectivity index (χ3v) is 6.18. The molecular formula is C28H29BrN2O4. The van der Waals surface area contributed by atoms with Gasteiger partial charge in [-0.2, -0.15) is 0 Å². The Morgan fingerprint density at radius 3 is 2.29 bits per heavy atom. The van der Waals surface area contributed by atoms with Crippen LogP contribution in [0.5, 0.6) is 0 Å². The number of carbonyl (C=O) groups excluding carboxylic acids is 2. The van der Waals surface area contributed by atoms with Crippen LogP contribution in [0.25, 0.3) is 11.1 Å². The number of amides is 1. The smallest absolute Gasteiger partial charge is 0.412 e. The lowest BCUT2D eigenvalue weighted by Gasteiger charge is -2.19. The van der Waals surface area contributed by atoms with Gasteiger partial charge in [-0.1, -0.05) is 48.5 Å². The Bertz CT molecular complexity index is 1190. The molecule has 2 aromatic carbocycles. The Balaban J connectivity index is 1.38. The number of pyridine rings is 1. The van der Waals surface area contributed by atoms with E-state index in [0.29, 0.717) is 18.7 Å². The number of hydrogen-bond acceptors (Lipinski definition) is 5. The van der Waals surface area contributed by atoms with E-state index in [1.165, 1.54) is 11.1 Å². The van der Waals surface area contributed by atoms with E-state index in [9.17, 15) is 9.59 Å². The number of aryl methyl sites for hydroxylation is 1. The maximum absolute atomic E-state index is 12.7. The van der Waals surface area contributed by atoms with Gasteiger partial charge in [0.25, 0.3) is 0 Å². The highest BCUT2D eigenvalue weighted by Gasteiger charge is 2.29. The summed E-state index contributed by atoms with van der Waals surface area (Å²) in [7, 11) is 0. The summed E-state index contributed by atoms with van der Waals surface area (Å²) < 4.78 is 11.8. The molecule has 3 aromatic rings. The van der Waals surface area contributed by atoms with Crippen LogP contribution in [0.4, 0.5) is 10.6 Å². The number of carbonyl (C=O) groups is 2. The largest absolute Gasteiger partial charge is 0.460 e. The number of hydrogen-bond donors (Lipinski definition) is 1. The number of fused-ring (bicyclic) bond motifs is 3. The fourth-order valence-electron chi connectivity index (χ4n) is 4.33. The van der Waals surface area contributed by atoms with Crippen molar-refractivity contribution >= 4 is 33.8 Å². The van der Waals surface area contributed by atoms with Gasteiger partial charge >= 0.3 is 12.1 Å². The van der Waals surface area contributed by atoms with Crippen molar-refractivity contribution in [3.63, 3.8) is 0 Å². The molecule has 0 aliphatic heterocycles. The number of nitrogens with zero attached hydrogens (tertiary/aromatic N) is 1. The number of rotatable bonds is 7. The van der Waals surface area contributed by atoms with Crippen molar-refractivity contribution in [1.82, 2.24) is 4.98 Å². The molecule has 0 saturated heterocycles. The minimum Gasteiger partial charge on any atom is -0.460 e. The minimum absolute atomic E-state index is 0.0145. The van der Waals surface area contributed by atoms with Crippen LogP contribution >= 0.6 is 15.9 Å². The number of ether oxygens (including phenoxy) is 2. The van der Waals surface area contributed by atoms with Crippen LogP contribution in [0.1, 0.15) is 56.2 Å². The average molecular weight is 537 g/mol. The number of aromatic nitrogens is 1. The predicted octanol–water partition coefficient (Wildman–Crippen LogP) is 6.87. The van der Waals surface area contributed by atoms with E-state index in [2.05, 4.69) is 50.5 Å². The molecule has 0 fully saturated rings. The van der Waals surface area contributed by atoms with Crippen molar-refractivity contribution in [3.05, 3.63) is 82.0 Å². The van der Waals surface area contributed by atoms with Crippen LogP contribution in [-0.4, -0.2) is 29.3 Å². The summed E-state index contributed by atoms with van der Waals surface area (Å²) in [5.74, 6) is 0.167. The van der Waals surface area contributed by atoms with Crippen LogP contribution in [0.2, 0.25) is 0 Å². The first kappa shape index (κ1) is 24.9. The molecule has 0 atom stereocenters. The number of halogens is 1. The van der Waals surface area contributed by atoms with Crippen LogP contribution in [0.3, 0.4) is 0 Å². The summed E-state index contributed by atoms with van der Waals surface area (Å²) in [6.07, 6.45) is 2.48. The van der Waals surface area contributed by atoms with Crippen molar-refractivity contribution in [2.75, 3.05) is 11.9 Å². The molecule has 1 aliphatic carbocycles. The van der Waals surface area contributed by atoms with E-state index in [-0.39, 0.29) is 24.9 Å². The topological polar surface area (TPSA) is 77.5 Å². The van der Waals surface area contributed by atoms with E-state index >= 15 is 0 Å². The monoisotopic (exact) mass is 536 g/mol. The van der Waals surface area contributed by atoms with Gasteiger partial charge in [0.15, 0.2) is 0 Å². The third-order valence-electron chi connectivity index (χ3n) is 5.74. The molecule has 7 heteroatoms. The number of nitrogens with one attached hydrogen (secondary N) is 1. The van der Waals surface area contributed by atoms with E-state index in [4.69, 9.17) is 9.47 Å². The zero-order chi connectivity index (χ0) is 25.0. The van der Waals surface area contributed by atoms with Crippen molar-refractivity contribution in [3.8, 4) is 11.1 Å². The van der Waals surface area contributed by atoms with Gasteiger partial charge in [0.05, 0.1) is 0 Å². The number of benzene rings is 2. The molecule has 0 spiro atoms. The van der Waals surface area contributed by atoms with E-state index < -0.39 is 11.7 Å². The molecule has 0 saturated carbocycles. The van der Waals surface area contributed by atoms with Gasteiger partial charge in [-0.25, -0.2) is 9.78 Å². The first-order valence-electron chi connectivity index (χ1n) is 11.7. The Morgan fingerprint density at radius 2 is 1.66 bits per heavy atom. The van der Waals surface area contributed by atoms with Crippen molar-refractivity contribution in [2.24, 2.45) is 0 Å². The van der Waals surface area contributed by atoms with E-state index in [1.807, 2.05) is 51.1 Å². The molecule has 4 rings (SSSR count). The van der Waals surface area contributed by atoms with Crippen LogP contribution < -0.4 is 5.32 Å². The maximum Gasteiger partial charge on any atom is 0.412 e. The Kier molecular flexibility index (Phi) is 7.55. The zero-order valence-corrected chi connectivity index (χ0v) is 21.7. The molecule has 6 nitrogen and oxygen atoms in total. The summed E-state index contributed by atoms with van der Waals surface area (Å²) in [4.78, 5) is 29.1. The van der Waals surface area contributed by atoms with Crippen LogP contribution in [-0.2, 0) is 20.7 Å². The molecule has 1 amide bonds. The first-order chi connectivity index (χ1) is 16.7. The van der Waals surface area contributed by atoms with Crippen molar-refractivity contribution in [1.29, 1.82) is 0 Å². The molecule has 0 unspecified atom stereocenters. The highest BCUT2D eigenvalue weighted by molar-refractivity contribution is 9.10. The summed E-state index contributed by atoms with van der Waals surface area (Å²) in [6, 6.07) is 18.3. The zero-order valence-electron chi connectivity index (χ0n) is 20.1. The molecule has 1 N–H and O–H groups in total. The van der Waals surface area contributed by atoms with Crippen LogP contribution in [0.15, 0.2) is 65.3 Å². The molecule has 0 bridgehead atoms. The second kappa shape index (κ2) is 10.6. The SMILES string of the molecule is CC(C)(C)OC(=O)CCCc1cc(Br)cnc1NC(=O)OCC1c2ccccc2-c2ccccc21. The average Bonchev–Trinajstić information content (AvgIpc) is 3.12. The summed E-state index contributed by atoms with van der Waals surface area (Å²) in [6.45, 7) is 5.77. The van der Waals surface area contributed by atoms with E-state index in [0.717, 1.165) is 21.2 Å². The lowest BCUT2D eigenvalue weighted by atomic mass is 9.98. The Morgan fingerprint density at radius 1 is 1.03 bits per heavy atom. The van der Waals surface area contributed by atoms with E-state index in [1.54, 1.807) is 6.20 Å². The lowest BCUT2D eigenvalue weighted by Crippen LogP contribution is -2.23. The fourth-order valence-corrected chi connectivity index (χ4v) is 4.71.